The molecule has 1 heterocycles. The van der Waals surface area contributed by atoms with Crippen LogP contribution >= 0.6 is 0 Å². The lowest BCUT2D eigenvalue weighted by molar-refractivity contribution is -0.151. The van der Waals surface area contributed by atoms with Gasteiger partial charge in [-0.25, -0.2) is 0 Å². The van der Waals surface area contributed by atoms with E-state index in [2.05, 4.69) is 0 Å². The average molecular weight is 282 g/mol. The SMILES string of the molecule is CN(C1CC(=O)N(C2CCCC2)C1=O)C(C)(C)C(=O)O. The molecule has 1 N–H and O–H groups in total. The van der Waals surface area contributed by atoms with E-state index in [1.54, 1.807) is 20.9 Å². The molecule has 0 radical (unpaired) electrons. The van der Waals surface area contributed by atoms with Gasteiger partial charge in [-0.3, -0.25) is 24.2 Å². The van der Waals surface area contributed by atoms with Gasteiger partial charge < -0.3 is 5.11 Å². The molecule has 20 heavy (non-hydrogen) atoms. The molecule has 6 heteroatoms. The number of carbonyl (C=O) groups excluding carboxylic acids is 2. The highest BCUT2D eigenvalue weighted by atomic mass is 16.4. The molecule has 2 rings (SSSR count). The summed E-state index contributed by atoms with van der Waals surface area (Å²) >= 11 is 0. The molecule has 1 aliphatic carbocycles. The number of likely N-dealkylation sites (N-methyl/N-ethyl adjacent to an activating group) is 1. The third-order valence-corrected chi connectivity index (χ3v) is 4.72. The Balaban J connectivity index is 2.17. The Bertz CT molecular complexity index is 440. The van der Waals surface area contributed by atoms with Crippen LogP contribution in [-0.2, 0) is 14.4 Å². The van der Waals surface area contributed by atoms with Gasteiger partial charge in [-0.15, -0.1) is 0 Å². The van der Waals surface area contributed by atoms with Crippen molar-refractivity contribution in [2.75, 3.05) is 7.05 Å². The van der Waals surface area contributed by atoms with Crippen LogP contribution in [-0.4, -0.2) is 57.4 Å². The molecule has 0 aromatic heterocycles. The van der Waals surface area contributed by atoms with Crippen LogP contribution in [0.4, 0.5) is 0 Å². The number of amides is 2. The summed E-state index contributed by atoms with van der Waals surface area (Å²) in [5.74, 6) is -1.40. The van der Waals surface area contributed by atoms with Crippen LogP contribution in [0.15, 0.2) is 0 Å². The van der Waals surface area contributed by atoms with Crippen LogP contribution in [0.25, 0.3) is 0 Å². The van der Waals surface area contributed by atoms with Gasteiger partial charge in [0.1, 0.15) is 5.54 Å². The van der Waals surface area contributed by atoms with Gasteiger partial charge in [0.25, 0.3) is 0 Å². The predicted molar refractivity (Wildman–Crippen MR) is 72.0 cm³/mol. The van der Waals surface area contributed by atoms with E-state index in [0.717, 1.165) is 25.7 Å². The summed E-state index contributed by atoms with van der Waals surface area (Å²) in [5.41, 5.74) is -1.17. The van der Waals surface area contributed by atoms with E-state index in [9.17, 15) is 19.5 Å². The van der Waals surface area contributed by atoms with Crippen molar-refractivity contribution in [2.24, 2.45) is 0 Å². The molecule has 2 aliphatic rings. The number of aliphatic carboxylic acids is 1. The smallest absolute Gasteiger partial charge is 0.323 e. The van der Waals surface area contributed by atoms with E-state index in [1.807, 2.05) is 0 Å². The van der Waals surface area contributed by atoms with Crippen molar-refractivity contribution in [3.8, 4) is 0 Å². The maximum Gasteiger partial charge on any atom is 0.323 e. The Morgan fingerprint density at radius 1 is 1.30 bits per heavy atom. The summed E-state index contributed by atoms with van der Waals surface area (Å²) in [5, 5.41) is 9.25. The number of carbonyl (C=O) groups is 3. The second-order valence-corrected chi connectivity index (χ2v) is 6.24. The zero-order valence-electron chi connectivity index (χ0n) is 12.3. The fraction of sp³-hybridized carbons (Fsp3) is 0.786. The molecule has 0 aromatic rings. The highest BCUT2D eigenvalue weighted by molar-refractivity contribution is 6.06. The second-order valence-electron chi connectivity index (χ2n) is 6.24. The minimum atomic E-state index is -1.17. The maximum atomic E-state index is 12.5. The van der Waals surface area contributed by atoms with Gasteiger partial charge in [0.05, 0.1) is 12.5 Å². The van der Waals surface area contributed by atoms with Crippen molar-refractivity contribution >= 4 is 17.8 Å². The van der Waals surface area contributed by atoms with E-state index in [1.165, 1.54) is 9.80 Å². The minimum Gasteiger partial charge on any atom is -0.480 e. The van der Waals surface area contributed by atoms with Crippen molar-refractivity contribution in [3.63, 3.8) is 0 Å². The zero-order chi connectivity index (χ0) is 15.1. The molecule has 112 valence electrons. The largest absolute Gasteiger partial charge is 0.480 e. The van der Waals surface area contributed by atoms with Crippen LogP contribution in [0.5, 0.6) is 0 Å². The van der Waals surface area contributed by atoms with Crippen LogP contribution < -0.4 is 0 Å². The minimum absolute atomic E-state index is 0.0151. The monoisotopic (exact) mass is 282 g/mol. The topological polar surface area (TPSA) is 77.9 Å². The lowest BCUT2D eigenvalue weighted by atomic mass is 10.0. The molecular formula is C14H22N2O4. The number of carboxylic acid groups (broad SMARTS) is 1. The maximum absolute atomic E-state index is 12.5. The van der Waals surface area contributed by atoms with E-state index in [0.29, 0.717) is 0 Å². The van der Waals surface area contributed by atoms with Gasteiger partial charge in [0.15, 0.2) is 0 Å². The zero-order valence-corrected chi connectivity index (χ0v) is 12.3. The van der Waals surface area contributed by atoms with Crippen molar-refractivity contribution < 1.29 is 19.5 Å². The molecule has 6 nitrogen and oxygen atoms in total. The highest BCUT2D eigenvalue weighted by Gasteiger charge is 2.49. The van der Waals surface area contributed by atoms with Gasteiger partial charge in [-0.05, 0) is 33.7 Å². The number of hydrogen-bond acceptors (Lipinski definition) is 4. The molecule has 1 atom stereocenters. The highest BCUT2D eigenvalue weighted by Crippen LogP contribution is 2.31. The quantitative estimate of drug-likeness (QED) is 0.773. The summed E-state index contributed by atoms with van der Waals surface area (Å²) in [7, 11) is 1.60. The van der Waals surface area contributed by atoms with E-state index in [-0.39, 0.29) is 24.3 Å². The Kier molecular flexibility index (Phi) is 3.86. The van der Waals surface area contributed by atoms with Crippen molar-refractivity contribution in [1.82, 2.24) is 9.80 Å². The first kappa shape index (κ1) is 15.0. The molecule has 1 saturated heterocycles. The van der Waals surface area contributed by atoms with E-state index in [4.69, 9.17) is 0 Å². The molecule has 0 spiro atoms. The van der Waals surface area contributed by atoms with Crippen LogP contribution in [0.1, 0.15) is 46.0 Å². The third-order valence-electron chi connectivity index (χ3n) is 4.72. The second kappa shape index (κ2) is 5.16. The van der Waals surface area contributed by atoms with Gasteiger partial charge >= 0.3 is 5.97 Å². The van der Waals surface area contributed by atoms with Crippen LogP contribution in [0.2, 0.25) is 0 Å². The number of imide groups is 1. The number of likely N-dealkylation sites (tertiary alicyclic amines) is 1. The van der Waals surface area contributed by atoms with E-state index >= 15 is 0 Å². The first-order valence-corrected chi connectivity index (χ1v) is 7.09. The van der Waals surface area contributed by atoms with Gasteiger partial charge in [0, 0.05) is 6.04 Å². The molecule has 2 fully saturated rings. The fourth-order valence-electron chi connectivity index (χ4n) is 3.02. The first-order valence-electron chi connectivity index (χ1n) is 7.09. The summed E-state index contributed by atoms with van der Waals surface area (Å²) in [6, 6.07) is -0.643. The number of rotatable bonds is 4. The lowest BCUT2D eigenvalue weighted by Crippen LogP contribution is -2.55. The standard InChI is InChI=1S/C14H22N2O4/c1-14(2,13(19)20)15(3)10-8-11(17)16(12(10)18)9-6-4-5-7-9/h9-10H,4-8H2,1-3H3,(H,19,20). The molecular weight excluding hydrogens is 260 g/mol. The number of nitrogens with zero attached hydrogens (tertiary/aromatic N) is 2. The Hall–Kier alpha value is -1.43. The first-order chi connectivity index (χ1) is 9.26. The Labute approximate surface area is 118 Å². The average Bonchev–Trinajstić information content (AvgIpc) is 2.96. The summed E-state index contributed by atoms with van der Waals surface area (Å²) in [4.78, 5) is 38.8. The van der Waals surface area contributed by atoms with Crippen LogP contribution in [0.3, 0.4) is 0 Å². The van der Waals surface area contributed by atoms with Crippen molar-refractivity contribution in [1.29, 1.82) is 0 Å². The molecule has 2 amide bonds. The van der Waals surface area contributed by atoms with Gasteiger partial charge in [-0.1, -0.05) is 12.8 Å². The normalized spacial score (nSPS) is 25.0. The van der Waals surface area contributed by atoms with Crippen molar-refractivity contribution in [3.05, 3.63) is 0 Å². The molecule has 0 aromatic carbocycles. The fourth-order valence-corrected chi connectivity index (χ4v) is 3.02. The van der Waals surface area contributed by atoms with Gasteiger partial charge in [0.2, 0.25) is 11.8 Å². The molecule has 0 bridgehead atoms. The Morgan fingerprint density at radius 2 is 1.85 bits per heavy atom. The summed E-state index contributed by atoms with van der Waals surface area (Å²) in [6.07, 6.45) is 3.92. The third kappa shape index (κ3) is 2.32. The summed E-state index contributed by atoms with van der Waals surface area (Å²) < 4.78 is 0. The number of hydrogen-bond donors (Lipinski definition) is 1. The molecule has 1 aliphatic heterocycles. The van der Waals surface area contributed by atoms with Crippen molar-refractivity contribution in [2.45, 2.75) is 63.6 Å². The lowest BCUT2D eigenvalue weighted by Gasteiger charge is -2.35. The number of carboxylic acids is 1. The summed E-state index contributed by atoms with van der Waals surface area (Å²) in [6.45, 7) is 3.09. The van der Waals surface area contributed by atoms with Crippen LogP contribution in [0, 0.1) is 0 Å². The Morgan fingerprint density at radius 3 is 2.35 bits per heavy atom. The molecule has 1 saturated carbocycles. The van der Waals surface area contributed by atoms with E-state index < -0.39 is 17.6 Å². The predicted octanol–water partition coefficient (Wildman–Crippen LogP) is 0.851. The molecule has 1 unspecified atom stereocenters. The van der Waals surface area contributed by atoms with Gasteiger partial charge in [-0.2, -0.15) is 0 Å².